The Labute approximate surface area is 188 Å². The monoisotopic (exact) mass is 482 g/mol. The number of halogens is 4. The third-order valence-electron chi connectivity index (χ3n) is 4.59. The highest BCUT2D eigenvalue weighted by atomic mass is 35.5. The van der Waals surface area contributed by atoms with E-state index in [-0.39, 0.29) is 21.2 Å². The van der Waals surface area contributed by atoms with Crippen molar-refractivity contribution in [3.63, 3.8) is 0 Å². The number of hydrogen-bond donors (Lipinski definition) is 2. The van der Waals surface area contributed by atoms with Gasteiger partial charge in [-0.3, -0.25) is 9.52 Å². The molecule has 1 amide bonds. The van der Waals surface area contributed by atoms with E-state index in [2.05, 4.69) is 10.0 Å². The Kier molecular flexibility index (Phi) is 6.52. The molecule has 0 heterocycles. The van der Waals surface area contributed by atoms with Crippen LogP contribution in [0.4, 0.5) is 24.5 Å². The molecular formula is C22H18ClF3N2O3S. The van der Waals surface area contributed by atoms with Gasteiger partial charge in [-0.25, -0.2) is 8.42 Å². The first kappa shape index (κ1) is 23.6. The Morgan fingerprint density at radius 1 is 0.938 bits per heavy atom. The Hall–Kier alpha value is -3.04. The summed E-state index contributed by atoms with van der Waals surface area (Å²) in [6.07, 6.45) is -4.50. The van der Waals surface area contributed by atoms with Gasteiger partial charge < -0.3 is 5.32 Å². The molecular weight excluding hydrogens is 465 g/mol. The molecule has 32 heavy (non-hydrogen) atoms. The van der Waals surface area contributed by atoms with Crippen LogP contribution in [0.15, 0.2) is 65.6 Å². The first-order valence-electron chi connectivity index (χ1n) is 9.25. The maximum absolute atomic E-state index is 12.9. The number of anilines is 2. The van der Waals surface area contributed by atoms with Crippen molar-refractivity contribution in [2.75, 3.05) is 10.0 Å². The maximum atomic E-state index is 12.9. The van der Waals surface area contributed by atoms with Crippen molar-refractivity contribution in [1.82, 2.24) is 0 Å². The minimum absolute atomic E-state index is 0.0318. The van der Waals surface area contributed by atoms with Gasteiger partial charge in [-0.05, 0) is 73.5 Å². The van der Waals surface area contributed by atoms with E-state index in [9.17, 15) is 26.4 Å². The molecule has 0 aliphatic heterocycles. The quantitative estimate of drug-likeness (QED) is 0.466. The van der Waals surface area contributed by atoms with Crippen LogP contribution in [0.2, 0.25) is 5.02 Å². The summed E-state index contributed by atoms with van der Waals surface area (Å²) in [5.74, 6) is -0.704. The summed E-state index contributed by atoms with van der Waals surface area (Å²) in [6, 6.07) is 12.8. The molecule has 0 spiro atoms. The highest BCUT2D eigenvalue weighted by Crippen LogP contribution is 2.30. The van der Waals surface area contributed by atoms with E-state index in [0.29, 0.717) is 11.3 Å². The van der Waals surface area contributed by atoms with Crippen molar-refractivity contribution in [2.24, 2.45) is 0 Å². The van der Waals surface area contributed by atoms with E-state index in [1.165, 1.54) is 12.1 Å². The summed E-state index contributed by atoms with van der Waals surface area (Å²) >= 11 is 6.09. The predicted molar refractivity (Wildman–Crippen MR) is 118 cm³/mol. The van der Waals surface area contributed by atoms with Crippen LogP contribution in [0, 0.1) is 13.8 Å². The summed E-state index contributed by atoms with van der Waals surface area (Å²) in [7, 11) is -4.12. The second-order valence-electron chi connectivity index (χ2n) is 7.10. The molecule has 3 aromatic carbocycles. The number of nitrogens with one attached hydrogen (secondary N) is 2. The van der Waals surface area contributed by atoms with Crippen molar-refractivity contribution in [1.29, 1.82) is 0 Å². The normalized spacial score (nSPS) is 11.8. The molecule has 0 aliphatic carbocycles. The van der Waals surface area contributed by atoms with Crippen LogP contribution in [0.3, 0.4) is 0 Å². The van der Waals surface area contributed by atoms with Gasteiger partial charge in [-0.2, -0.15) is 13.2 Å². The van der Waals surface area contributed by atoms with Gasteiger partial charge in [0.05, 0.1) is 16.3 Å². The number of benzene rings is 3. The predicted octanol–water partition coefficient (Wildman–Crippen LogP) is 6.03. The van der Waals surface area contributed by atoms with Crippen LogP contribution in [0.1, 0.15) is 27.0 Å². The molecule has 3 rings (SSSR count). The zero-order chi connectivity index (χ0) is 23.7. The average molecular weight is 483 g/mol. The molecule has 0 aliphatic rings. The zero-order valence-corrected chi connectivity index (χ0v) is 18.5. The number of rotatable bonds is 5. The molecule has 0 aromatic heterocycles. The summed E-state index contributed by atoms with van der Waals surface area (Å²) < 4.78 is 66.3. The van der Waals surface area contributed by atoms with Crippen molar-refractivity contribution >= 4 is 38.9 Å². The van der Waals surface area contributed by atoms with Crippen molar-refractivity contribution < 1.29 is 26.4 Å². The topological polar surface area (TPSA) is 75.3 Å². The number of carbonyl (C=O) groups is 1. The Balaban J connectivity index is 1.86. The number of carbonyl (C=O) groups excluding carboxylic acids is 1. The highest BCUT2D eigenvalue weighted by molar-refractivity contribution is 7.92. The number of alkyl halides is 3. The van der Waals surface area contributed by atoms with Gasteiger partial charge in [0, 0.05) is 11.3 Å². The van der Waals surface area contributed by atoms with Crippen LogP contribution in [0.5, 0.6) is 0 Å². The van der Waals surface area contributed by atoms with Gasteiger partial charge in [0.25, 0.3) is 15.9 Å². The van der Waals surface area contributed by atoms with Crippen LogP contribution in [-0.4, -0.2) is 14.3 Å². The SMILES string of the molecule is Cc1ccc(C)c(NS(=O)(=O)c2cc(C(=O)Nc3ccc(C(F)(F)F)cc3)ccc2Cl)c1. The average Bonchev–Trinajstić information content (AvgIpc) is 2.70. The summed E-state index contributed by atoms with van der Waals surface area (Å²) in [5, 5.41) is 2.35. The molecule has 0 atom stereocenters. The van der Waals surface area contributed by atoms with Crippen molar-refractivity contribution in [2.45, 2.75) is 24.9 Å². The lowest BCUT2D eigenvalue weighted by Crippen LogP contribution is -2.17. The summed E-state index contributed by atoms with van der Waals surface area (Å²) in [6.45, 7) is 3.56. The Morgan fingerprint density at radius 3 is 2.22 bits per heavy atom. The van der Waals surface area contributed by atoms with Gasteiger partial charge in [-0.1, -0.05) is 23.7 Å². The van der Waals surface area contributed by atoms with Crippen LogP contribution in [0.25, 0.3) is 0 Å². The van der Waals surface area contributed by atoms with E-state index in [4.69, 9.17) is 11.6 Å². The fourth-order valence-corrected chi connectivity index (χ4v) is 4.49. The van der Waals surface area contributed by atoms with Crippen molar-refractivity contribution in [3.05, 3.63) is 87.9 Å². The van der Waals surface area contributed by atoms with E-state index in [1.54, 1.807) is 19.1 Å². The third kappa shape index (κ3) is 5.41. The summed E-state index contributed by atoms with van der Waals surface area (Å²) in [5.41, 5.74) is 1.16. The second-order valence-corrected chi connectivity index (χ2v) is 9.16. The fourth-order valence-electron chi connectivity index (χ4n) is 2.84. The smallest absolute Gasteiger partial charge is 0.322 e. The maximum Gasteiger partial charge on any atom is 0.416 e. The lowest BCUT2D eigenvalue weighted by molar-refractivity contribution is -0.137. The molecule has 3 aromatic rings. The molecule has 0 saturated carbocycles. The molecule has 0 radical (unpaired) electrons. The Bertz CT molecular complexity index is 1270. The molecule has 0 saturated heterocycles. The molecule has 0 fully saturated rings. The number of sulfonamides is 1. The van der Waals surface area contributed by atoms with Gasteiger partial charge in [-0.15, -0.1) is 0 Å². The standard InChI is InChI=1S/C22H18ClF3N2O3S/c1-13-3-4-14(2)19(11-13)28-32(30,31)20-12-15(5-10-18(20)23)21(29)27-17-8-6-16(7-9-17)22(24,25)26/h3-12,28H,1-2H3,(H,27,29). The van der Waals surface area contributed by atoms with Crippen LogP contribution >= 0.6 is 11.6 Å². The molecule has 2 N–H and O–H groups in total. The molecule has 0 unspecified atom stereocenters. The van der Waals surface area contributed by atoms with E-state index >= 15 is 0 Å². The molecule has 168 valence electrons. The van der Waals surface area contributed by atoms with Crippen molar-refractivity contribution in [3.8, 4) is 0 Å². The third-order valence-corrected chi connectivity index (χ3v) is 6.44. The van der Waals surface area contributed by atoms with E-state index in [1.807, 2.05) is 13.0 Å². The number of amides is 1. The lowest BCUT2D eigenvalue weighted by Gasteiger charge is -2.14. The van der Waals surface area contributed by atoms with E-state index in [0.717, 1.165) is 35.9 Å². The molecule has 5 nitrogen and oxygen atoms in total. The first-order chi connectivity index (χ1) is 14.9. The van der Waals surface area contributed by atoms with Gasteiger partial charge in [0.1, 0.15) is 4.90 Å². The van der Waals surface area contributed by atoms with Crippen LogP contribution < -0.4 is 10.0 Å². The van der Waals surface area contributed by atoms with Gasteiger partial charge in [0.2, 0.25) is 0 Å². The number of aryl methyl sites for hydroxylation is 2. The summed E-state index contributed by atoms with van der Waals surface area (Å²) in [4.78, 5) is 12.2. The largest absolute Gasteiger partial charge is 0.416 e. The van der Waals surface area contributed by atoms with Gasteiger partial charge >= 0.3 is 6.18 Å². The highest BCUT2D eigenvalue weighted by Gasteiger charge is 2.30. The molecule has 10 heteroatoms. The number of hydrogen-bond acceptors (Lipinski definition) is 3. The second kappa shape index (κ2) is 8.84. The van der Waals surface area contributed by atoms with Gasteiger partial charge in [0.15, 0.2) is 0 Å². The zero-order valence-electron chi connectivity index (χ0n) is 16.9. The lowest BCUT2D eigenvalue weighted by atomic mass is 10.1. The van der Waals surface area contributed by atoms with E-state index < -0.39 is 27.7 Å². The van der Waals surface area contributed by atoms with Crippen LogP contribution in [-0.2, 0) is 16.2 Å². The fraction of sp³-hybridized carbons (Fsp3) is 0.136. The Morgan fingerprint density at radius 2 is 1.59 bits per heavy atom. The minimum Gasteiger partial charge on any atom is -0.322 e. The first-order valence-corrected chi connectivity index (χ1v) is 11.1. The minimum atomic E-state index is -4.50. The molecule has 0 bridgehead atoms.